The maximum atomic E-state index is 11.9. The molecule has 0 spiro atoms. The highest BCUT2D eigenvalue weighted by molar-refractivity contribution is 5.81. The summed E-state index contributed by atoms with van der Waals surface area (Å²) in [6.45, 7) is 3.81. The highest BCUT2D eigenvalue weighted by Crippen LogP contribution is 2.20. The fourth-order valence-electron chi connectivity index (χ4n) is 2.81. The number of rotatable bonds is 3. The maximum Gasteiger partial charge on any atom is 0.326 e. The third kappa shape index (κ3) is 2.38. The normalized spacial score (nSPS) is 17.1. The van der Waals surface area contributed by atoms with Gasteiger partial charge < -0.3 is 15.0 Å². The Kier molecular flexibility index (Phi) is 3.29. The molecule has 1 aliphatic rings. The summed E-state index contributed by atoms with van der Waals surface area (Å²) >= 11 is 0. The van der Waals surface area contributed by atoms with Crippen molar-refractivity contribution in [2.75, 3.05) is 19.6 Å². The van der Waals surface area contributed by atoms with Crippen LogP contribution in [0.25, 0.3) is 11.0 Å². The van der Waals surface area contributed by atoms with Gasteiger partial charge in [0.2, 0.25) is 0 Å². The third-order valence-electron chi connectivity index (χ3n) is 3.88. The van der Waals surface area contributed by atoms with Gasteiger partial charge in [0.1, 0.15) is 11.3 Å². The Morgan fingerprint density at radius 1 is 1.16 bits per heavy atom. The fraction of sp³-hybridized carbons (Fsp3) is 0.500. The van der Waals surface area contributed by atoms with Gasteiger partial charge in [0.25, 0.3) is 0 Å². The molecule has 5 nitrogen and oxygen atoms in total. The smallest absolute Gasteiger partial charge is 0.326 e. The summed E-state index contributed by atoms with van der Waals surface area (Å²) in [5.41, 5.74) is 1.17. The van der Waals surface area contributed by atoms with E-state index >= 15 is 0 Å². The second-order valence-electron chi connectivity index (χ2n) is 5.16. The molecule has 0 radical (unpaired) electrons. The first-order valence-electron chi connectivity index (χ1n) is 6.88. The zero-order valence-corrected chi connectivity index (χ0v) is 10.9. The van der Waals surface area contributed by atoms with Gasteiger partial charge in [-0.3, -0.25) is 4.57 Å². The van der Waals surface area contributed by atoms with E-state index in [2.05, 4.69) is 9.88 Å². The van der Waals surface area contributed by atoms with E-state index in [4.69, 9.17) is 0 Å². The Hall–Kier alpha value is -1.75. The second kappa shape index (κ2) is 5.09. The van der Waals surface area contributed by atoms with Gasteiger partial charge >= 0.3 is 5.69 Å². The van der Waals surface area contributed by atoms with Gasteiger partial charge in [-0.2, -0.15) is 0 Å². The number of likely N-dealkylation sites (tertiary alicyclic amines) is 1. The van der Waals surface area contributed by atoms with Crippen molar-refractivity contribution >= 4 is 11.0 Å². The predicted molar refractivity (Wildman–Crippen MR) is 74.5 cm³/mol. The monoisotopic (exact) mass is 261 g/mol. The number of phenolic OH excluding ortho intramolecular Hbond substituents is 1. The lowest BCUT2D eigenvalue weighted by Crippen LogP contribution is -2.34. The Balaban J connectivity index is 1.82. The van der Waals surface area contributed by atoms with Crippen molar-refractivity contribution in [1.29, 1.82) is 0 Å². The first-order valence-corrected chi connectivity index (χ1v) is 6.88. The number of hydrogen-bond donors (Lipinski definition) is 2. The molecule has 1 aromatic carbocycles. The number of aromatic hydroxyl groups is 1. The first kappa shape index (κ1) is 12.3. The molecule has 0 amide bonds. The van der Waals surface area contributed by atoms with Crippen molar-refractivity contribution in [3.63, 3.8) is 0 Å². The molecule has 2 N–H and O–H groups in total. The van der Waals surface area contributed by atoms with Crippen molar-refractivity contribution in [3.05, 3.63) is 28.7 Å². The number of aromatic amines is 1. The highest BCUT2D eigenvalue weighted by atomic mass is 16.3. The lowest BCUT2D eigenvalue weighted by atomic mass is 10.1. The Bertz CT molecular complexity index is 623. The third-order valence-corrected chi connectivity index (χ3v) is 3.88. The number of phenols is 1. The summed E-state index contributed by atoms with van der Waals surface area (Å²) in [7, 11) is 0. The molecule has 1 saturated heterocycles. The molecule has 2 heterocycles. The van der Waals surface area contributed by atoms with Crippen LogP contribution in [0.5, 0.6) is 5.75 Å². The van der Waals surface area contributed by atoms with E-state index in [9.17, 15) is 9.90 Å². The predicted octanol–water partition coefficient (Wildman–Crippen LogP) is 1.52. The number of H-pyrrole nitrogens is 1. The SMILES string of the molecule is O=c1[nH]c2c(O)cccc2n1CCN1CCCCC1. The van der Waals surface area contributed by atoms with Crippen LogP contribution in [0.3, 0.4) is 0 Å². The molecule has 0 atom stereocenters. The number of benzene rings is 1. The lowest BCUT2D eigenvalue weighted by molar-refractivity contribution is 0.221. The lowest BCUT2D eigenvalue weighted by Gasteiger charge is -2.26. The van der Waals surface area contributed by atoms with Crippen LogP contribution in [0.15, 0.2) is 23.0 Å². The van der Waals surface area contributed by atoms with Crippen LogP contribution >= 0.6 is 0 Å². The van der Waals surface area contributed by atoms with Crippen molar-refractivity contribution in [2.45, 2.75) is 25.8 Å². The van der Waals surface area contributed by atoms with Gasteiger partial charge in [-0.1, -0.05) is 12.5 Å². The minimum absolute atomic E-state index is 0.131. The zero-order valence-electron chi connectivity index (χ0n) is 10.9. The molecular weight excluding hydrogens is 242 g/mol. The number of imidazole rings is 1. The number of hydrogen-bond acceptors (Lipinski definition) is 3. The molecule has 19 heavy (non-hydrogen) atoms. The largest absolute Gasteiger partial charge is 0.506 e. The number of para-hydroxylation sites is 1. The Labute approximate surface area is 111 Å². The molecular formula is C14H19N3O2. The molecule has 0 aliphatic carbocycles. The summed E-state index contributed by atoms with van der Waals surface area (Å²) in [6, 6.07) is 5.22. The summed E-state index contributed by atoms with van der Waals surface area (Å²) in [5, 5.41) is 9.73. The van der Waals surface area contributed by atoms with Gasteiger partial charge in [-0.15, -0.1) is 0 Å². The van der Waals surface area contributed by atoms with Gasteiger partial charge in [0.05, 0.1) is 5.52 Å². The molecule has 0 bridgehead atoms. The van der Waals surface area contributed by atoms with E-state index in [-0.39, 0.29) is 11.4 Å². The first-order chi connectivity index (χ1) is 9.25. The van der Waals surface area contributed by atoms with Crippen molar-refractivity contribution in [1.82, 2.24) is 14.5 Å². The molecule has 0 unspecified atom stereocenters. The molecule has 3 rings (SSSR count). The van der Waals surface area contributed by atoms with E-state index in [0.29, 0.717) is 12.1 Å². The van der Waals surface area contributed by atoms with Crippen molar-refractivity contribution in [3.8, 4) is 5.75 Å². The number of piperidine rings is 1. The highest BCUT2D eigenvalue weighted by Gasteiger charge is 2.13. The molecule has 1 aromatic heterocycles. The molecule has 102 valence electrons. The molecule has 0 saturated carbocycles. The number of nitrogens with zero attached hydrogens (tertiary/aromatic N) is 2. The number of fused-ring (bicyclic) bond motifs is 1. The quantitative estimate of drug-likeness (QED) is 0.880. The van der Waals surface area contributed by atoms with E-state index < -0.39 is 0 Å². The number of aromatic nitrogens is 2. The van der Waals surface area contributed by atoms with Gasteiger partial charge in [0.15, 0.2) is 0 Å². The summed E-state index contributed by atoms with van der Waals surface area (Å²) < 4.78 is 1.71. The van der Waals surface area contributed by atoms with Gasteiger partial charge in [-0.25, -0.2) is 4.79 Å². The van der Waals surface area contributed by atoms with Crippen LogP contribution in [0.2, 0.25) is 0 Å². The second-order valence-corrected chi connectivity index (χ2v) is 5.16. The minimum atomic E-state index is -0.145. The van der Waals surface area contributed by atoms with E-state index in [1.165, 1.54) is 19.3 Å². The van der Waals surface area contributed by atoms with Crippen LogP contribution in [0, 0.1) is 0 Å². The minimum Gasteiger partial charge on any atom is -0.506 e. The molecule has 1 fully saturated rings. The Morgan fingerprint density at radius 3 is 2.74 bits per heavy atom. The fourth-order valence-corrected chi connectivity index (χ4v) is 2.81. The molecule has 1 aliphatic heterocycles. The summed E-state index contributed by atoms with van der Waals surface area (Å²) in [6.07, 6.45) is 3.82. The van der Waals surface area contributed by atoms with E-state index in [1.54, 1.807) is 16.7 Å². The Morgan fingerprint density at radius 2 is 1.95 bits per heavy atom. The van der Waals surface area contributed by atoms with Crippen molar-refractivity contribution in [2.24, 2.45) is 0 Å². The molecule has 2 aromatic rings. The van der Waals surface area contributed by atoms with E-state index in [0.717, 1.165) is 25.2 Å². The van der Waals surface area contributed by atoms with Crippen LogP contribution < -0.4 is 5.69 Å². The average molecular weight is 261 g/mol. The van der Waals surface area contributed by atoms with Gasteiger partial charge in [0, 0.05) is 13.1 Å². The standard InChI is InChI=1S/C14H19N3O2/c18-12-6-4-5-11-13(12)15-14(19)17(11)10-9-16-7-2-1-3-8-16/h4-6,18H,1-3,7-10H2,(H,15,19). The van der Waals surface area contributed by atoms with Gasteiger partial charge in [-0.05, 0) is 38.1 Å². The van der Waals surface area contributed by atoms with Crippen LogP contribution in [0.4, 0.5) is 0 Å². The number of nitrogens with one attached hydrogen (secondary N) is 1. The molecule has 5 heteroatoms. The van der Waals surface area contributed by atoms with Crippen LogP contribution in [-0.2, 0) is 6.54 Å². The topological polar surface area (TPSA) is 61.3 Å². The summed E-state index contributed by atoms with van der Waals surface area (Å²) in [4.78, 5) is 17.1. The summed E-state index contributed by atoms with van der Waals surface area (Å²) in [5.74, 6) is 0.131. The van der Waals surface area contributed by atoms with Crippen LogP contribution in [0.1, 0.15) is 19.3 Å². The average Bonchev–Trinajstić information content (AvgIpc) is 2.75. The maximum absolute atomic E-state index is 11.9. The zero-order chi connectivity index (χ0) is 13.2. The van der Waals surface area contributed by atoms with E-state index in [1.807, 2.05) is 6.07 Å². The van der Waals surface area contributed by atoms with Crippen molar-refractivity contribution < 1.29 is 5.11 Å². The van der Waals surface area contributed by atoms with Crippen LogP contribution in [-0.4, -0.2) is 39.2 Å².